The first-order chi connectivity index (χ1) is 8.92. The Labute approximate surface area is 106 Å². The number of hydrogen-bond acceptors (Lipinski definition) is 3. The molecule has 1 saturated heterocycles. The Morgan fingerprint density at radius 2 is 2.00 bits per heavy atom. The van der Waals surface area contributed by atoms with E-state index in [0.29, 0.717) is 19.3 Å². The summed E-state index contributed by atoms with van der Waals surface area (Å²) in [6.07, 6.45) is 2.14. The summed E-state index contributed by atoms with van der Waals surface area (Å²) in [5.41, 5.74) is 3.30. The van der Waals surface area contributed by atoms with Crippen LogP contribution in [0.15, 0.2) is 48.7 Å². The maximum absolute atomic E-state index is 5.55. The molecule has 3 heteroatoms. The fraction of sp³-hybridized carbons (Fsp3) is 0.267. The molecule has 1 fully saturated rings. The summed E-state index contributed by atoms with van der Waals surface area (Å²) in [6.45, 7) is 2.18. The van der Waals surface area contributed by atoms with Crippen LogP contribution in [0.25, 0.3) is 11.3 Å². The molecule has 2 aromatic rings. The minimum absolute atomic E-state index is 0.331. The number of hydrogen-bond donors (Lipinski definition) is 0. The lowest BCUT2D eigenvalue weighted by atomic mass is 10.1. The highest BCUT2D eigenvalue weighted by atomic mass is 16.6. The largest absolute Gasteiger partial charge is 0.374 e. The summed E-state index contributed by atoms with van der Waals surface area (Å²) in [5.74, 6) is 0. The molecule has 0 bridgehead atoms. The van der Waals surface area contributed by atoms with E-state index in [-0.39, 0.29) is 0 Å². The van der Waals surface area contributed by atoms with Gasteiger partial charge in [-0.3, -0.25) is 4.98 Å². The van der Waals surface area contributed by atoms with Crippen LogP contribution in [0.5, 0.6) is 0 Å². The molecule has 0 aliphatic carbocycles. The normalized spacial score (nSPS) is 17.7. The third-order valence-electron chi connectivity index (χ3n) is 2.89. The molecule has 2 heterocycles. The minimum atomic E-state index is 0.331. The molecule has 0 saturated carbocycles. The van der Waals surface area contributed by atoms with E-state index in [4.69, 9.17) is 9.47 Å². The van der Waals surface area contributed by atoms with E-state index in [0.717, 1.165) is 17.9 Å². The maximum atomic E-state index is 5.55. The maximum Gasteiger partial charge on any atom is 0.104 e. The molecular formula is C15H15NO2. The molecule has 3 rings (SSSR count). The number of rotatable bonds is 5. The summed E-state index contributed by atoms with van der Waals surface area (Å²) < 4.78 is 10.6. The van der Waals surface area contributed by atoms with Gasteiger partial charge in [0.25, 0.3) is 0 Å². The highest BCUT2D eigenvalue weighted by Crippen LogP contribution is 2.17. The molecule has 1 aromatic heterocycles. The zero-order valence-corrected chi connectivity index (χ0v) is 10.1. The van der Waals surface area contributed by atoms with E-state index in [1.807, 2.05) is 24.4 Å². The lowest BCUT2D eigenvalue weighted by Gasteiger charge is -2.04. The topological polar surface area (TPSA) is 34.6 Å². The molecular weight excluding hydrogens is 226 g/mol. The lowest BCUT2D eigenvalue weighted by molar-refractivity contribution is 0.104. The van der Waals surface area contributed by atoms with Crippen molar-refractivity contribution >= 4 is 0 Å². The number of ether oxygens (including phenoxy) is 2. The van der Waals surface area contributed by atoms with Crippen LogP contribution in [0, 0.1) is 0 Å². The van der Waals surface area contributed by atoms with Gasteiger partial charge in [0.1, 0.15) is 6.10 Å². The SMILES string of the molecule is c1ccc(-c2ccc(COCC3CO3)cc2)nc1. The van der Waals surface area contributed by atoms with Crippen molar-refractivity contribution < 1.29 is 9.47 Å². The molecule has 3 nitrogen and oxygen atoms in total. The molecule has 1 aliphatic rings. The molecule has 18 heavy (non-hydrogen) atoms. The molecule has 0 N–H and O–H groups in total. The Morgan fingerprint density at radius 3 is 2.67 bits per heavy atom. The number of epoxide rings is 1. The summed E-state index contributed by atoms with van der Waals surface area (Å²) in [4.78, 5) is 4.32. The van der Waals surface area contributed by atoms with E-state index < -0.39 is 0 Å². The Kier molecular flexibility index (Phi) is 3.35. The average molecular weight is 241 g/mol. The van der Waals surface area contributed by atoms with Crippen molar-refractivity contribution in [1.82, 2.24) is 4.98 Å². The van der Waals surface area contributed by atoms with E-state index in [1.54, 1.807) is 0 Å². The van der Waals surface area contributed by atoms with Crippen LogP contribution in [-0.4, -0.2) is 24.3 Å². The monoisotopic (exact) mass is 241 g/mol. The van der Waals surface area contributed by atoms with Crippen LogP contribution in [0.1, 0.15) is 5.56 Å². The fourth-order valence-corrected chi connectivity index (χ4v) is 1.78. The van der Waals surface area contributed by atoms with Gasteiger partial charge in [-0.2, -0.15) is 0 Å². The quantitative estimate of drug-likeness (QED) is 0.755. The lowest BCUT2D eigenvalue weighted by Crippen LogP contribution is -2.01. The van der Waals surface area contributed by atoms with Gasteiger partial charge in [-0.25, -0.2) is 0 Å². The first kappa shape index (κ1) is 11.4. The van der Waals surface area contributed by atoms with Gasteiger partial charge < -0.3 is 9.47 Å². The van der Waals surface area contributed by atoms with Crippen LogP contribution < -0.4 is 0 Å². The molecule has 0 radical (unpaired) electrons. The van der Waals surface area contributed by atoms with Crippen molar-refractivity contribution in [3.8, 4) is 11.3 Å². The number of benzene rings is 1. The minimum Gasteiger partial charge on any atom is -0.374 e. The Hall–Kier alpha value is -1.71. The van der Waals surface area contributed by atoms with Gasteiger partial charge >= 0.3 is 0 Å². The van der Waals surface area contributed by atoms with Gasteiger partial charge in [0, 0.05) is 11.8 Å². The second-order valence-corrected chi connectivity index (χ2v) is 4.38. The van der Waals surface area contributed by atoms with Crippen molar-refractivity contribution in [3.63, 3.8) is 0 Å². The fourth-order valence-electron chi connectivity index (χ4n) is 1.78. The van der Waals surface area contributed by atoms with Crippen LogP contribution in [0.2, 0.25) is 0 Å². The third kappa shape index (κ3) is 2.94. The zero-order valence-electron chi connectivity index (χ0n) is 10.1. The molecule has 1 aromatic carbocycles. The van der Waals surface area contributed by atoms with Gasteiger partial charge in [0.05, 0.1) is 25.5 Å². The summed E-state index contributed by atoms with van der Waals surface area (Å²) in [7, 11) is 0. The Bertz CT molecular complexity index is 492. The first-order valence-corrected chi connectivity index (χ1v) is 6.11. The van der Waals surface area contributed by atoms with E-state index in [9.17, 15) is 0 Å². The van der Waals surface area contributed by atoms with E-state index in [2.05, 4.69) is 29.2 Å². The van der Waals surface area contributed by atoms with Crippen LogP contribution in [0.3, 0.4) is 0 Å². The van der Waals surface area contributed by atoms with Crippen LogP contribution in [0.4, 0.5) is 0 Å². The van der Waals surface area contributed by atoms with Crippen molar-refractivity contribution in [2.45, 2.75) is 12.7 Å². The van der Waals surface area contributed by atoms with Gasteiger partial charge in [0.15, 0.2) is 0 Å². The summed E-state index contributed by atoms with van der Waals surface area (Å²) >= 11 is 0. The first-order valence-electron chi connectivity index (χ1n) is 6.11. The highest BCUT2D eigenvalue weighted by molar-refractivity contribution is 5.58. The molecule has 0 spiro atoms. The number of nitrogens with zero attached hydrogens (tertiary/aromatic N) is 1. The van der Waals surface area contributed by atoms with Crippen molar-refractivity contribution in [1.29, 1.82) is 0 Å². The Balaban J connectivity index is 1.61. The predicted molar refractivity (Wildman–Crippen MR) is 69.1 cm³/mol. The summed E-state index contributed by atoms with van der Waals surface area (Å²) in [5, 5.41) is 0. The average Bonchev–Trinajstić information content (AvgIpc) is 3.25. The third-order valence-corrected chi connectivity index (χ3v) is 2.89. The van der Waals surface area contributed by atoms with Crippen molar-refractivity contribution in [2.24, 2.45) is 0 Å². The number of aromatic nitrogens is 1. The number of pyridine rings is 1. The second kappa shape index (κ2) is 5.29. The van der Waals surface area contributed by atoms with Crippen LogP contribution in [-0.2, 0) is 16.1 Å². The summed E-state index contributed by atoms with van der Waals surface area (Å²) in [6, 6.07) is 14.2. The van der Waals surface area contributed by atoms with Gasteiger partial charge in [-0.05, 0) is 17.7 Å². The van der Waals surface area contributed by atoms with E-state index in [1.165, 1.54) is 5.56 Å². The van der Waals surface area contributed by atoms with E-state index >= 15 is 0 Å². The smallest absolute Gasteiger partial charge is 0.104 e. The van der Waals surface area contributed by atoms with Crippen molar-refractivity contribution in [2.75, 3.05) is 13.2 Å². The standard InChI is InChI=1S/C15H15NO2/c1-2-8-16-15(3-1)13-6-4-12(5-7-13)9-17-10-14-11-18-14/h1-8,14H,9-11H2. The van der Waals surface area contributed by atoms with Gasteiger partial charge in [-0.15, -0.1) is 0 Å². The molecule has 0 amide bonds. The molecule has 1 aliphatic heterocycles. The predicted octanol–water partition coefficient (Wildman–Crippen LogP) is 2.66. The Morgan fingerprint density at radius 1 is 1.17 bits per heavy atom. The molecule has 1 unspecified atom stereocenters. The molecule has 92 valence electrons. The van der Waals surface area contributed by atoms with Crippen LogP contribution >= 0.6 is 0 Å². The van der Waals surface area contributed by atoms with Crippen molar-refractivity contribution in [3.05, 3.63) is 54.2 Å². The second-order valence-electron chi connectivity index (χ2n) is 4.38. The zero-order chi connectivity index (χ0) is 12.2. The van der Waals surface area contributed by atoms with Gasteiger partial charge in [0.2, 0.25) is 0 Å². The van der Waals surface area contributed by atoms with Gasteiger partial charge in [-0.1, -0.05) is 30.3 Å². The molecule has 1 atom stereocenters. The highest BCUT2D eigenvalue weighted by Gasteiger charge is 2.22.